The van der Waals surface area contributed by atoms with Gasteiger partial charge < -0.3 is 14.8 Å². The van der Waals surface area contributed by atoms with Crippen LogP contribution in [0, 0.1) is 0 Å². The van der Waals surface area contributed by atoms with Gasteiger partial charge in [0.15, 0.2) is 0 Å². The van der Waals surface area contributed by atoms with Gasteiger partial charge in [-0.2, -0.15) is 0 Å². The molecule has 4 nitrogen and oxygen atoms in total. The molecule has 0 spiro atoms. The van der Waals surface area contributed by atoms with Crippen LogP contribution in [0.4, 0.5) is 5.69 Å². The van der Waals surface area contributed by atoms with Crippen LogP contribution in [0.25, 0.3) is 0 Å². The minimum Gasteiger partial charge on any atom is -0.491 e. The molecule has 4 heteroatoms. The summed E-state index contributed by atoms with van der Waals surface area (Å²) in [7, 11) is 0. The Morgan fingerprint density at radius 2 is 1.86 bits per heavy atom. The van der Waals surface area contributed by atoms with Crippen molar-refractivity contribution in [3.05, 3.63) is 60.2 Å². The average molecular weight is 299 g/mol. The Hall–Kier alpha value is -2.33. The Balaban J connectivity index is 1.70. The van der Waals surface area contributed by atoms with Crippen molar-refractivity contribution in [1.29, 1.82) is 0 Å². The molecule has 0 fully saturated rings. The summed E-state index contributed by atoms with van der Waals surface area (Å²) in [6, 6.07) is 17.3. The first-order valence-corrected chi connectivity index (χ1v) is 7.42. The van der Waals surface area contributed by atoms with Crippen LogP contribution >= 0.6 is 0 Å². The van der Waals surface area contributed by atoms with Crippen LogP contribution in [0.5, 0.6) is 5.75 Å². The summed E-state index contributed by atoms with van der Waals surface area (Å²) in [5.41, 5.74) is 1.82. The SMILES string of the molecule is CCC(=O)Nc1cccc(COCCOc2ccccc2)c1. The normalized spacial score (nSPS) is 10.2. The van der Waals surface area contributed by atoms with Crippen molar-refractivity contribution < 1.29 is 14.3 Å². The molecule has 0 unspecified atom stereocenters. The molecule has 0 bridgehead atoms. The lowest BCUT2D eigenvalue weighted by Gasteiger charge is -2.09. The number of carbonyl (C=O) groups excluding carboxylic acids is 1. The molecular formula is C18H21NO3. The van der Waals surface area contributed by atoms with Gasteiger partial charge >= 0.3 is 0 Å². The van der Waals surface area contributed by atoms with Crippen LogP contribution in [0.2, 0.25) is 0 Å². The fourth-order valence-electron chi connectivity index (χ4n) is 1.91. The zero-order chi connectivity index (χ0) is 15.6. The zero-order valence-corrected chi connectivity index (χ0v) is 12.7. The first kappa shape index (κ1) is 16.0. The fraction of sp³-hybridized carbons (Fsp3) is 0.278. The molecule has 1 N–H and O–H groups in total. The summed E-state index contributed by atoms with van der Waals surface area (Å²) < 4.78 is 11.1. The molecule has 0 aliphatic carbocycles. The number of nitrogens with one attached hydrogen (secondary N) is 1. The monoisotopic (exact) mass is 299 g/mol. The minimum absolute atomic E-state index is 0.00864. The number of carbonyl (C=O) groups is 1. The molecule has 2 aromatic carbocycles. The molecule has 0 saturated carbocycles. The molecule has 0 aromatic heterocycles. The number of benzene rings is 2. The van der Waals surface area contributed by atoms with Gasteiger partial charge in [0.1, 0.15) is 12.4 Å². The quantitative estimate of drug-likeness (QED) is 0.757. The summed E-state index contributed by atoms with van der Waals surface area (Å²) in [4.78, 5) is 11.4. The van der Waals surface area contributed by atoms with E-state index in [1.54, 1.807) is 0 Å². The predicted molar refractivity (Wildman–Crippen MR) is 87.0 cm³/mol. The van der Waals surface area contributed by atoms with E-state index in [-0.39, 0.29) is 5.91 Å². The largest absolute Gasteiger partial charge is 0.491 e. The predicted octanol–water partition coefficient (Wildman–Crippen LogP) is 3.63. The number of para-hydroxylation sites is 1. The number of amides is 1. The Bertz CT molecular complexity index is 584. The van der Waals surface area contributed by atoms with Crippen molar-refractivity contribution in [3.8, 4) is 5.75 Å². The molecule has 0 atom stereocenters. The number of rotatable bonds is 8. The van der Waals surface area contributed by atoms with Crippen molar-refractivity contribution in [2.75, 3.05) is 18.5 Å². The van der Waals surface area contributed by atoms with Gasteiger partial charge in [-0.1, -0.05) is 37.3 Å². The number of hydrogen-bond acceptors (Lipinski definition) is 3. The standard InChI is InChI=1S/C18H21NO3/c1-2-18(20)19-16-8-6-7-15(13-16)14-21-11-12-22-17-9-4-3-5-10-17/h3-10,13H,2,11-12,14H2,1H3,(H,19,20). The fourth-order valence-corrected chi connectivity index (χ4v) is 1.91. The van der Waals surface area contributed by atoms with Crippen molar-refractivity contribution in [2.45, 2.75) is 20.0 Å². The lowest BCUT2D eigenvalue weighted by atomic mass is 10.2. The topological polar surface area (TPSA) is 47.6 Å². The van der Waals surface area contributed by atoms with Crippen LogP contribution in [-0.4, -0.2) is 19.1 Å². The number of hydrogen-bond donors (Lipinski definition) is 1. The maximum Gasteiger partial charge on any atom is 0.224 e. The zero-order valence-electron chi connectivity index (χ0n) is 12.7. The summed E-state index contributed by atoms with van der Waals surface area (Å²) in [6.45, 7) is 3.35. The third kappa shape index (κ3) is 5.58. The summed E-state index contributed by atoms with van der Waals surface area (Å²) in [5.74, 6) is 0.852. The highest BCUT2D eigenvalue weighted by atomic mass is 16.5. The van der Waals surface area contributed by atoms with Crippen LogP contribution in [0.3, 0.4) is 0 Å². The molecule has 22 heavy (non-hydrogen) atoms. The van der Waals surface area contributed by atoms with Gasteiger partial charge in [-0.3, -0.25) is 4.79 Å². The first-order chi connectivity index (χ1) is 10.8. The highest BCUT2D eigenvalue weighted by Gasteiger charge is 2.00. The smallest absolute Gasteiger partial charge is 0.224 e. The first-order valence-electron chi connectivity index (χ1n) is 7.42. The second-order valence-corrected chi connectivity index (χ2v) is 4.82. The molecule has 1 amide bonds. The Kier molecular flexibility index (Phi) is 6.45. The van der Waals surface area contributed by atoms with E-state index in [2.05, 4.69) is 5.32 Å². The van der Waals surface area contributed by atoms with E-state index in [0.717, 1.165) is 17.0 Å². The van der Waals surface area contributed by atoms with Gasteiger partial charge in [0.05, 0.1) is 13.2 Å². The van der Waals surface area contributed by atoms with E-state index in [9.17, 15) is 4.79 Å². The van der Waals surface area contributed by atoms with Crippen LogP contribution in [0.1, 0.15) is 18.9 Å². The highest BCUT2D eigenvalue weighted by molar-refractivity contribution is 5.90. The van der Waals surface area contributed by atoms with E-state index >= 15 is 0 Å². The molecule has 2 aromatic rings. The van der Waals surface area contributed by atoms with Crippen LogP contribution < -0.4 is 10.1 Å². The van der Waals surface area contributed by atoms with Gasteiger partial charge in [0.25, 0.3) is 0 Å². The van der Waals surface area contributed by atoms with Gasteiger partial charge in [-0.05, 0) is 29.8 Å². The lowest BCUT2D eigenvalue weighted by molar-refractivity contribution is -0.115. The Morgan fingerprint density at radius 3 is 2.64 bits per heavy atom. The van der Waals surface area contributed by atoms with Gasteiger partial charge in [-0.15, -0.1) is 0 Å². The molecule has 116 valence electrons. The lowest BCUT2D eigenvalue weighted by Crippen LogP contribution is -2.10. The molecular weight excluding hydrogens is 278 g/mol. The van der Waals surface area contributed by atoms with Crippen molar-refractivity contribution in [3.63, 3.8) is 0 Å². The van der Waals surface area contributed by atoms with E-state index in [0.29, 0.717) is 26.2 Å². The van der Waals surface area contributed by atoms with Crippen molar-refractivity contribution >= 4 is 11.6 Å². The number of anilines is 1. The van der Waals surface area contributed by atoms with Crippen molar-refractivity contribution in [2.24, 2.45) is 0 Å². The maximum absolute atomic E-state index is 11.4. The molecule has 0 heterocycles. The van der Waals surface area contributed by atoms with E-state index in [1.807, 2.05) is 61.5 Å². The molecule has 2 rings (SSSR count). The van der Waals surface area contributed by atoms with Gasteiger partial charge in [0.2, 0.25) is 5.91 Å². The van der Waals surface area contributed by atoms with Crippen molar-refractivity contribution in [1.82, 2.24) is 0 Å². The number of ether oxygens (including phenoxy) is 2. The van der Waals surface area contributed by atoms with E-state index in [1.165, 1.54) is 0 Å². The molecule has 0 aliphatic heterocycles. The van der Waals surface area contributed by atoms with Crippen LogP contribution in [-0.2, 0) is 16.1 Å². The summed E-state index contributed by atoms with van der Waals surface area (Å²) in [6.07, 6.45) is 0.470. The molecule has 0 aliphatic rings. The van der Waals surface area contributed by atoms with Gasteiger partial charge in [0, 0.05) is 12.1 Å². The second kappa shape index (κ2) is 8.85. The summed E-state index contributed by atoms with van der Waals surface area (Å²) >= 11 is 0. The average Bonchev–Trinajstić information content (AvgIpc) is 2.56. The minimum atomic E-state index is 0.00864. The summed E-state index contributed by atoms with van der Waals surface area (Å²) in [5, 5.41) is 2.84. The van der Waals surface area contributed by atoms with Crippen LogP contribution in [0.15, 0.2) is 54.6 Å². The molecule has 0 radical (unpaired) electrons. The van der Waals surface area contributed by atoms with Gasteiger partial charge in [-0.25, -0.2) is 0 Å². The Labute approximate surface area is 131 Å². The van der Waals surface area contributed by atoms with E-state index in [4.69, 9.17) is 9.47 Å². The Morgan fingerprint density at radius 1 is 1.05 bits per heavy atom. The maximum atomic E-state index is 11.4. The highest BCUT2D eigenvalue weighted by Crippen LogP contribution is 2.12. The third-order valence-corrected chi connectivity index (χ3v) is 3.04. The van der Waals surface area contributed by atoms with E-state index < -0.39 is 0 Å². The molecule has 0 saturated heterocycles. The third-order valence-electron chi connectivity index (χ3n) is 3.04. The second-order valence-electron chi connectivity index (χ2n) is 4.82.